The minimum Gasteiger partial charge on any atom is -0.479 e. The summed E-state index contributed by atoms with van der Waals surface area (Å²) < 4.78 is 41.7. The average Bonchev–Trinajstić information content (AvgIpc) is 2.89. The fourth-order valence-electron chi connectivity index (χ4n) is 4.02. The fourth-order valence-corrected chi connectivity index (χ4v) is 4.02. The zero-order chi connectivity index (χ0) is 25.3. The van der Waals surface area contributed by atoms with Crippen LogP contribution in [-0.4, -0.2) is 34.2 Å². The Morgan fingerprint density at radius 2 is 1.69 bits per heavy atom. The van der Waals surface area contributed by atoms with E-state index >= 15 is 0 Å². The molecule has 10 heteroatoms. The Morgan fingerprint density at radius 3 is 2.29 bits per heavy atom. The Bertz CT molecular complexity index is 1280. The molecule has 0 saturated carbocycles. The zero-order valence-electron chi connectivity index (χ0n) is 18.2. The van der Waals surface area contributed by atoms with E-state index in [1.54, 1.807) is 37.3 Å². The molecule has 7 nitrogen and oxygen atoms in total. The van der Waals surface area contributed by atoms with Crippen molar-refractivity contribution in [1.29, 1.82) is 0 Å². The van der Waals surface area contributed by atoms with Gasteiger partial charge in [0.05, 0.1) is 11.3 Å². The van der Waals surface area contributed by atoms with E-state index in [9.17, 15) is 32.7 Å². The highest BCUT2D eigenvalue weighted by Gasteiger charge is 2.44. The second-order valence-electron chi connectivity index (χ2n) is 7.92. The number of alkyl halides is 3. The number of fused-ring (bicyclic) bond motifs is 1. The minimum absolute atomic E-state index is 0.0973. The van der Waals surface area contributed by atoms with Crippen LogP contribution in [0, 0.1) is 6.92 Å². The number of nitrogens with zero attached hydrogens (tertiary/aromatic N) is 1. The first-order valence-corrected chi connectivity index (χ1v) is 10.4. The van der Waals surface area contributed by atoms with Crippen molar-refractivity contribution in [2.45, 2.75) is 25.4 Å². The van der Waals surface area contributed by atoms with Crippen LogP contribution in [0.5, 0.6) is 5.75 Å². The van der Waals surface area contributed by atoms with Crippen molar-refractivity contribution in [3.8, 4) is 5.75 Å². The highest BCUT2D eigenvalue weighted by Crippen LogP contribution is 2.38. The van der Waals surface area contributed by atoms with Gasteiger partial charge in [-0.2, -0.15) is 0 Å². The van der Waals surface area contributed by atoms with Gasteiger partial charge in [0.15, 0.2) is 6.04 Å². The summed E-state index contributed by atoms with van der Waals surface area (Å²) >= 11 is 0. The van der Waals surface area contributed by atoms with Crippen LogP contribution in [0.4, 0.5) is 18.9 Å². The number of carbonyl (C=O) groups excluding carboxylic acids is 2. The van der Waals surface area contributed by atoms with Crippen LogP contribution < -0.4 is 10.1 Å². The van der Waals surface area contributed by atoms with Gasteiger partial charge in [0.2, 0.25) is 0 Å². The Balaban J connectivity index is 1.88. The van der Waals surface area contributed by atoms with Gasteiger partial charge in [-0.1, -0.05) is 54.1 Å². The molecule has 4 rings (SSSR count). The third-order valence-electron chi connectivity index (χ3n) is 5.48. The number of rotatable bonds is 5. The van der Waals surface area contributed by atoms with Crippen molar-refractivity contribution in [2.24, 2.45) is 0 Å². The maximum absolute atomic E-state index is 13.8. The van der Waals surface area contributed by atoms with Gasteiger partial charge in [0.1, 0.15) is 11.8 Å². The number of aliphatic carboxylic acids is 1. The molecule has 2 N–H and O–H groups in total. The number of anilines is 1. The van der Waals surface area contributed by atoms with Crippen molar-refractivity contribution < 1.29 is 37.4 Å². The Morgan fingerprint density at radius 1 is 1.03 bits per heavy atom. The van der Waals surface area contributed by atoms with Crippen molar-refractivity contribution in [2.75, 3.05) is 5.32 Å². The summed E-state index contributed by atoms with van der Waals surface area (Å²) in [6.07, 6.45) is -4.91. The molecule has 35 heavy (non-hydrogen) atoms. The third kappa shape index (κ3) is 4.96. The topological polar surface area (TPSA) is 95.9 Å². The summed E-state index contributed by atoms with van der Waals surface area (Å²) in [6, 6.07) is 14.0. The van der Waals surface area contributed by atoms with E-state index in [0.717, 1.165) is 17.0 Å². The molecule has 0 aliphatic carbocycles. The van der Waals surface area contributed by atoms with E-state index in [1.807, 2.05) is 0 Å². The van der Waals surface area contributed by atoms with Gasteiger partial charge in [-0.3, -0.25) is 9.59 Å². The van der Waals surface area contributed by atoms with E-state index in [1.165, 1.54) is 30.3 Å². The highest BCUT2D eigenvalue weighted by atomic mass is 19.4. The van der Waals surface area contributed by atoms with Gasteiger partial charge in [-0.15, -0.1) is 13.2 Å². The molecule has 0 fully saturated rings. The lowest BCUT2D eigenvalue weighted by Crippen LogP contribution is -2.44. The van der Waals surface area contributed by atoms with E-state index < -0.39 is 42.0 Å². The SMILES string of the molecule is Cc1ccc2c(c1)C(=O)N(C(C(=O)O)c1ccccc1)C(c1ccc(OC(F)(F)F)cc1)C(=O)N2. The van der Waals surface area contributed by atoms with Gasteiger partial charge in [0.25, 0.3) is 11.8 Å². The summed E-state index contributed by atoms with van der Waals surface area (Å²) in [5.74, 6) is -3.34. The number of hydrogen-bond acceptors (Lipinski definition) is 4. The first kappa shape index (κ1) is 23.8. The lowest BCUT2D eigenvalue weighted by Gasteiger charge is -2.34. The second-order valence-corrected chi connectivity index (χ2v) is 7.92. The number of carboxylic acid groups (broad SMARTS) is 1. The van der Waals surface area contributed by atoms with Crippen molar-refractivity contribution >= 4 is 23.5 Å². The number of carbonyl (C=O) groups is 3. The number of aryl methyl sites for hydroxylation is 1. The van der Waals surface area contributed by atoms with Crippen LogP contribution in [0.2, 0.25) is 0 Å². The molecular formula is C25H19F3N2O5. The predicted octanol–water partition coefficient (Wildman–Crippen LogP) is 4.86. The smallest absolute Gasteiger partial charge is 0.479 e. The number of ether oxygens (including phenoxy) is 1. The fraction of sp³-hybridized carbons (Fsp3) is 0.160. The minimum atomic E-state index is -4.91. The van der Waals surface area contributed by atoms with Crippen molar-refractivity contribution in [3.63, 3.8) is 0 Å². The summed E-state index contributed by atoms with van der Waals surface area (Å²) in [7, 11) is 0. The summed E-state index contributed by atoms with van der Waals surface area (Å²) in [6.45, 7) is 1.74. The zero-order valence-corrected chi connectivity index (χ0v) is 18.2. The molecule has 2 unspecified atom stereocenters. The number of amides is 2. The lowest BCUT2D eigenvalue weighted by atomic mass is 9.97. The van der Waals surface area contributed by atoms with Crippen LogP contribution in [0.1, 0.15) is 39.1 Å². The van der Waals surface area contributed by atoms with Gasteiger partial charge in [-0.05, 0) is 42.3 Å². The number of carboxylic acids is 1. The number of halogens is 3. The molecule has 1 aliphatic heterocycles. The van der Waals surface area contributed by atoms with E-state index in [-0.39, 0.29) is 22.4 Å². The monoisotopic (exact) mass is 484 g/mol. The van der Waals surface area contributed by atoms with Gasteiger partial charge >= 0.3 is 12.3 Å². The summed E-state index contributed by atoms with van der Waals surface area (Å²) in [5.41, 5.74) is 1.37. The van der Waals surface area contributed by atoms with E-state index in [2.05, 4.69) is 10.1 Å². The van der Waals surface area contributed by atoms with Crippen LogP contribution in [-0.2, 0) is 9.59 Å². The van der Waals surface area contributed by atoms with Crippen LogP contribution in [0.25, 0.3) is 0 Å². The molecule has 0 radical (unpaired) electrons. The molecule has 0 saturated heterocycles. The summed E-state index contributed by atoms with van der Waals surface area (Å²) in [4.78, 5) is 40.6. The first-order chi connectivity index (χ1) is 16.5. The maximum atomic E-state index is 13.8. The lowest BCUT2D eigenvalue weighted by molar-refractivity contribution is -0.274. The third-order valence-corrected chi connectivity index (χ3v) is 5.48. The number of hydrogen-bond donors (Lipinski definition) is 2. The molecule has 2 atom stereocenters. The van der Waals surface area contributed by atoms with Gasteiger partial charge < -0.3 is 20.1 Å². The Kier molecular flexibility index (Phi) is 6.21. The standard InChI is InChI=1S/C25H19F3N2O5/c1-14-7-12-19-18(13-14)23(32)30(21(24(33)34)15-5-3-2-4-6-15)20(22(31)29-19)16-8-10-17(11-9-16)35-25(26,27)28/h2-13,20-21H,1H3,(H,29,31)(H,33,34). The van der Waals surface area contributed by atoms with Crippen molar-refractivity contribution in [3.05, 3.63) is 95.1 Å². The molecule has 1 aliphatic rings. The second kappa shape index (κ2) is 9.13. The predicted molar refractivity (Wildman–Crippen MR) is 119 cm³/mol. The molecular weight excluding hydrogens is 465 g/mol. The van der Waals surface area contributed by atoms with E-state index in [4.69, 9.17) is 0 Å². The molecule has 1 heterocycles. The van der Waals surface area contributed by atoms with E-state index in [0.29, 0.717) is 5.56 Å². The van der Waals surface area contributed by atoms with Crippen molar-refractivity contribution in [1.82, 2.24) is 4.90 Å². The number of nitrogens with one attached hydrogen (secondary N) is 1. The largest absolute Gasteiger partial charge is 0.573 e. The normalized spacial score (nSPS) is 16.7. The Hall–Kier alpha value is -4.34. The molecule has 0 aromatic heterocycles. The van der Waals surface area contributed by atoms with Gasteiger partial charge in [0, 0.05) is 0 Å². The first-order valence-electron chi connectivity index (χ1n) is 10.4. The molecule has 2 amide bonds. The molecule has 0 bridgehead atoms. The van der Waals surface area contributed by atoms with Gasteiger partial charge in [-0.25, -0.2) is 4.79 Å². The molecule has 3 aromatic carbocycles. The number of benzene rings is 3. The molecule has 180 valence electrons. The van der Waals surface area contributed by atoms with Crippen LogP contribution in [0.15, 0.2) is 72.8 Å². The molecule has 3 aromatic rings. The summed E-state index contributed by atoms with van der Waals surface area (Å²) in [5, 5.41) is 12.8. The van der Waals surface area contributed by atoms with Crippen LogP contribution in [0.3, 0.4) is 0 Å². The van der Waals surface area contributed by atoms with Crippen LogP contribution >= 0.6 is 0 Å². The highest BCUT2D eigenvalue weighted by molar-refractivity contribution is 6.11. The average molecular weight is 484 g/mol. The maximum Gasteiger partial charge on any atom is 0.573 e. The molecule has 0 spiro atoms. The Labute approximate surface area is 197 Å². The quantitative estimate of drug-likeness (QED) is 0.540.